The first-order chi connectivity index (χ1) is 19.9. The highest BCUT2D eigenvalue weighted by atomic mass is 16.5. The number of benzene rings is 1. The first kappa shape index (κ1) is 36.0. The van der Waals surface area contributed by atoms with Gasteiger partial charge in [-0.05, 0) is 152 Å². The quantitative estimate of drug-likeness (QED) is 0.102. The molecule has 1 fully saturated rings. The highest BCUT2D eigenvalue weighted by molar-refractivity contribution is 5.36. The van der Waals surface area contributed by atoms with Crippen LogP contribution in [0.25, 0.3) is 0 Å². The zero-order valence-electron chi connectivity index (χ0n) is 27.1. The molecule has 0 saturated heterocycles. The lowest BCUT2D eigenvalue weighted by Crippen LogP contribution is -2.36. The van der Waals surface area contributed by atoms with Crippen molar-refractivity contribution in [3.8, 4) is 5.75 Å². The van der Waals surface area contributed by atoms with Crippen molar-refractivity contribution in [2.75, 3.05) is 52.4 Å². The SMILES string of the molecule is CC(C)CNCCCNC(CCN)Cc1cc(CC(CCN)NCCCNCC(C)C)cc(OC2CCCCC2)c1. The third-order valence-electron chi connectivity index (χ3n) is 7.91. The predicted molar refractivity (Wildman–Crippen MR) is 177 cm³/mol. The minimum Gasteiger partial charge on any atom is -0.490 e. The van der Waals surface area contributed by atoms with Crippen molar-refractivity contribution in [1.82, 2.24) is 21.3 Å². The van der Waals surface area contributed by atoms with Gasteiger partial charge in [-0.2, -0.15) is 0 Å². The number of hydrogen-bond donors (Lipinski definition) is 6. The summed E-state index contributed by atoms with van der Waals surface area (Å²) in [5.41, 5.74) is 14.8. The van der Waals surface area contributed by atoms with Crippen LogP contribution in [0, 0.1) is 11.8 Å². The van der Waals surface area contributed by atoms with Gasteiger partial charge in [0.25, 0.3) is 0 Å². The van der Waals surface area contributed by atoms with Crippen LogP contribution in [0.5, 0.6) is 5.75 Å². The second-order valence-electron chi connectivity index (χ2n) is 13.1. The fourth-order valence-electron chi connectivity index (χ4n) is 5.75. The van der Waals surface area contributed by atoms with E-state index in [1.807, 2.05) is 0 Å². The van der Waals surface area contributed by atoms with Crippen LogP contribution in [0.2, 0.25) is 0 Å². The van der Waals surface area contributed by atoms with E-state index in [2.05, 4.69) is 67.2 Å². The molecule has 41 heavy (non-hydrogen) atoms. The lowest BCUT2D eigenvalue weighted by Gasteiger charge is -2.25. The Morgan fingerprint density at radius 3 is 1.63 bits per heavy atom. The molecule has 1 aliphatic rings. The second kappa shape index (κ2) is 22.3. The van der Waals surface area contributed by atoms with Gasteiger partial charge in [0, 0.05) is 12.1 Å². The molecule has 1 aliphatic carbocycles. The van der Waals surface area contributed by atoms with Gasteiger partial charge in [-0.1, -0.05) is 40.2 Å². The van der Waals surface area contributed by atoms with Gasteiger partial charge >= 0.3 is 0 Å². The molecule has 0 spiro atoms. The molecular formula is C34H66N6O. The second-order valence-corrected chi connectivity index (χ2v) is 13.1. The highest BCUT2D eigenvalue weighted by Crippen LogP contribution is 2.26. The maximum Gasteiger partial charge on any atom is 0.120 e. The van der Waals surface area contributed by atoms with E-state index >= 15 is 0 Å². The van der Waals surface area contributed by atoms with Gasteiger partial charge in [-0.3, -0.25) is 0 Å². The summed E-state index contributed by atoms with van der Waals surface area (Å²) in [7, 11) is 0. The lowest BCUT2D eigenvalue weighted by molar-refractivity contribution is 0.154. The largest absolute Gasteiger partial charge is 0.490 e. The van der Waals surface area contributed by atoms with Gasteiger partial charge in [0.2, 0.25) is 0 Å². The first-order valence-electron chi connectivity index (χ1n) is 17.0. The molecule has 0 bridgehead atoms. The van der Waals surface area contributed by atoms with E-state index in [9.17, 15) is 0 Å². The molecule has 2 rings (SSSR count). The highest BCUT2D eigenvalue weighted by Gasteiger charge is 2.18. The Morgan fingerprint density at radius 2 is 1.20 bits per heavy atom. The van der Waals surface area contributed by atoms with E-state index in [4.69, 9.17) is 16.2 Å². The molecule has 1 aromatic rings. The van der Waals surface area contributed by atoms with Crippen LogP contribution >= 0.6 is 0 Å². The number of hydrogen-bond acceptors (Lipinski definition) is 7. The standard InChI is InChI=1S/C34H66N6O/c1-27(2)25-37-16-8-18-39-31(12-14-35)21-29-20-30(24-34(23-29)41-33-10-6-5-7-11-33)22-32(13-15-36)40-19-9-17-38-26-28(3)4/h20,23-24,27-28,31-33,37-40H,5-19,21-22,25-26,35-36H2,1-4H3. The summed E-state index contributed by atoms with van der Waals surface area (Å²) in [6.07, 6.45) is 12.7. The van der Waals surface area contributed by atoms with Gasteiger partial charge in [-0.15, -0.1) is 0 Å². The maximum atomic E-state index is 6.60. The van der Waals surface area contributed by atoms with Crippen molar-refractivity contribution >= 4 is 0 Å². The molecule has 7 heteroatoms. The van der Waals surface area contributed by atoms with Crippen molar-refractivity contribution in [3.63, 3.8) is 0 Å². The Labute approximate surface area is 253 Å². The Balaban J connectivity index is 2.03. The molecule has 0 amide bonds. The molecule has 1 aromatic carbocycles. The topological polar surface area (TPSA) is 109 Å². The predicted octanol–water partition coefficient (Wildman–Crippen LogP) is 4.37. The van der Waals surface area contributed by atoms with Crippen LogP contribution in [0.15, 0.2) is 18.2 Å². The summed E-state index contributed by atoms with van der Waals surface area (Å²) < 4.78 is 6.60. The van der Waals surface area contributed by atoms with Gasteiger partial charge in [0.15, 0.2) is 0 Å². The first-order valence-corrected chi connectivity index (χ1v) is 17.0. The third kappa shape index (κ3) is 17.5. The molecule has 0 heterocycles. The number of rotatable bonds is 24. The van der Waals surface area contributed by atoms with E-state index in [0.29, 0.717) is 43.1 Å². The molecule has 238 valence electrons. The minimum absolute atomic E-state index is 0.347. The molecule has 2 unspecified atom stereocenters. The van der Waals surface area contributed by atoms with Crippen molar-refractivity contribution in [2.45, 2.75) is 117 Å². The monoisotopic (exact) mass is 575 g/mol. The van der Waals surface area contributed by atoms with Crippen LogP contribution in [0.4, 0.5) is 0 Å². The maximum absolute atomic E-state index is 6.60. The Hall–Kier alpha value is -1.22. The molecule has 2 atom stereocenters. The van der Waals surface area contributed by atoms with Crippen molar-refractivity contribution < 1.29 is 4.74 Å². The van der Waals surface area contributed by atoms with Crippen LogP contribution in [-0.2, 0) is 12.8 Å². The van der Waals surface area contributed by atoms with E-state index < -0.39 is 0 Å². The molecule has 7 nitrogen and oxygen atoms in total. The molecule has 0 aromatic heterocycles. The van der Waals surface area contributed by atoms with E-state index in [0.717, 1.165) is 83.5 Å². The minimum atomic E-state index is 0.347. The van der Waals surface area contributed by atoms with Crippen molar-refractivity contribution in [3.05, 3.63) is 29.3 Å². The molecular weight excluding hydrogens is 508 g/mol. The van der Waals surface area contributed by atoms with E-state index in [-0.39, 0.29) is 0 Å². The summed E-state index contributed by atoms with van der Waals surface area (Å²) in [6, 6.07) is 7.73. The zero-order valence-corrected chi connectivity index (χ0v) is 27.1. The Kier molecular flexibility index (Phi) is 19.6. The molecule has 1 saturated carbocycles. The summed E-state index contributed by atoms with van der Waals surface area (Å²) in [6.45, 7) is 16.7. The number of nitrogens with two attached hydrogens (primary N) is 2. The number of ether oxygens (including phenoxy) is 1. The van der Waals surface area contributed by atoms with E-state index in [1.165, 1.54) is 43.2 Å². The Morgan fingerprint density at radius 1 is 0.707 bits per heavy atom. The van der Waals surface area contributed by atoms with E-state index in [1.54, 1.807) is 0 Å². The van der Waals surface area contributed by atoms with Crippen molar-refractivity contribution in [2.24, 2.45) is 23.3 Å². The molecule has 0 radical (unpaired) electrons. The van der Waals surface area contributed by atoms with Crippen LogP contribution in [0.3, 0.4) is 0 Å². The zero-order chi connectivity index (χ0) is 29.7. The fourth-order valence-corrected chi connectivity index (χ4v) is 5.75. The Bertz CT molecular complexity index is 717. The van der Waals surface area contributed by atoms with Gasteiger partial charge < -0.3 is 37.5 Å². The fraction of sp³-hybridized carbons (Fsp3) is 0.824. The smallest absolute Gasteiger partial charge is 0.120 e. The van der Waals surface area contributed by atoms with Gasteiger partial charge in [0.05, 0.1) is 6.10 Å². The van der Waals surface area contributed by atoms with Crippen molar-refractivity contribution in [1.29, 1.82) is 0 Å². The third-order valence-corrected chi connectivity index (χ3v) is 7.91. The summed E-state index contributed by atoms with van der Waals surface area (Å²) in [5, 5.41) is 14.7. The lowest BCUT2D eigenvalue weighted by atomic mass is 9.96. The van der Waals surface area contributed by atoms with Gasteiger partial charge in [0.1, 0.15) is 5.75 Å². The van der Waals surface area contributed by atoms with Crippen LogP contribution in [0.1, 0.15) is 96.6 Å². The van der Waals surface area contributed by atoms with Crippen LogP contribution < -0.4 is 37.5 Å². The van der Waals surface area contributed by atoms with Crippen LogP contribution in [-0.4, -0.2) is 70.5 Å². The average molecular weight is 575 g/mol. The molecule has 8 N–H and O–H groups in total. The normalized spacial score (nSPS) is 16.0. The van der Waals surface area contributed by atoms with Gasteiger partial charge in [-0.25, -0.2) is 0 Å². The number of nitrogens with one attached hydrogen (secondary N) is 4. The summed E-state index contributed by atoms with van der Waals surface area (Å²) in [5.74, 6) is 2.42. The average Bonchev–Trinajstić information content (AvgIpc) is 2.93. The summed E-state index contributed by atoms with van der Waals surface area (Å²) in [4.78, 5) is 0. The molecule has 0 aliphatic heterocycles. The summed E-state index contributed by atoms with van der Waals surface area (Å²) >= 11 is 0.